The van der Waals surface area contributed by atoms with Crippen LogP contribution in [0, 0.1) is 11.7 Å². The number of carbonyl (C=O) groups excluding carboxylic acids is 1. The number of aryl methyl sites for hydroxylation is 1. The number of aromatic nitrogens is 3. The Morgan fingerprint density at radius 1 is 1.10 bits per heavy atom. The first-order valence-corrected chi connectivity index (χ1v) is 13.4. The fraction of sp³-hybridized carbons (Fsp3) is 0.207. The van der Waals surface area contributed by atoms with E-state index in [1.165, 1.54) is 32.5 Å². The van der Waals surface area contributed by atoms with Gasteiger partial charge in [0.15, 0.2) is 0 Å². The van der Waals surface area contributed by atoms with Crippen molar-refractivity contribution in [3.63, 3.8) is 0 Å². The van der Waals surface area contributed by atoms with Crippen LogP contribution < -0.4 is 15.6 Å². The lowest BCUT2D eigenvalue weighted by molar-refractivity contribution is -0.147. The van der Waals surface area contributed by atoms with Crippen molar-refractivity contribution < 1.29 is 23.8 Å². The van der Waals surface area contributed by atoms with Gasteiger partial charge < -0.3 is 15.2 Å². The molecule has 0 unspecified atom stereocenters. The number of ether oxygens (including phenoxy) is 1. The molecule has 3 heterocycles. The lowest BCUT2D eigenvalue weighted by Crippen LogP contribution is -2.49. The molecule has 0 spiro atoms. The Hall–Kier alpha value is -4.32. The number of rotatable bonds is 8. The number of nitrogens with zero attached hydrogens (tertiary/aromatic N) is 4. The summed E-state index contributed by atoms with van der Waals surface area (Å²) in [6, 6.07) is 12.5. The Bertz CT molecular complexity index is 1770. The molecule has 1 fully saturated rings. The van der Waals surface area contributed by atoms with E-state index in [1.807, 2.05) is 4.90 Å². The fourth-order valence-electron chi connectivity index (χ4n) is 4.71. The van der Waals surface area contributed by atoms with Crippen molar-refractivity contribution >= 4 is 40.8 Å². The van der Waals surface area contributed by atoms with Crippen LogP contribution in [0.5, 0.6) is 5.88 Å². The van der Waals surface area contributed by atoms with Gasteiger partial charge in [-0.05, 0) is 18.2 Å². The van der Waals surface area contributed by atoms with Crippen LogP contribution in [-0.4, -0.2) is 56.8 Å². The number of pyridine rings is 1. The van der Waals surface area contributed by atoms with E-state index in [0.717, 1.165) is 4.68 Å². The molecule has 216 valence electrons. The zero-order valence-corrected chi connectivity index (χ0v) is 23.9. The number of amides is 1. The number of benzene rings is 2. The number of carboxylic acids is 1. The first-order valence-electron chi connectivity index (χ1n) is 12.7. The van der Waals surface area contributed by atoms with E-state index < -0.39 is 29.2 Å². The molecule has 1 aliphatic rings. The van der Waals surface area contributed by atoms with E-state index in [9.17, 15) is 14.4 Å². The van der Waals surface area contributed by atoms with Gasteiger partial charge in [0, 0.05) is 55.1 Å². The monoisotopic (exact) mass is 611 g/mol. The van der Waals surface area contributed by atoms with E-state index in [4.69, 9.17) is 33.0 Å². The van der Waals surface area contributed by atoms with Gasteiger partial charge in [-0.3, -0.25) is 19.3 Å². The number of hydrogen-bond donors (Lipinski definition) is 2. The van der Waals surface area contributed by atoms with Gasteiger partial charge in [-0.25, -0.2) is 14.1 Å². The standard InChI is InChI=1S/C29H24Cl2FN5O5/c1-36-28(39)20(9-10-33-36)26(38)34-22-8-4-6-18(24(22)31)17-5-3-7-19(23(17)30)25-21(32)11-15(27(35-25)42-2)12-37-13-16(14-37)29(40)41/h3-11,16H,12-14H2,1-2H3,(H,34,38)(H,40,41). The molecule has 42 heavy (non-hydrogen) atoms. The highest BCUT2D eigenvalue weighted by molar-refractivity contribution is 6.39. The largest absolute Gasteiger partial charge is 0.481 e. The molecule has 13 heteroatoms. The highest BCUT2D eigenvalue weighted by Gasteiger charge is 2.33. The smallest absolute Gasteiger partial charge is 0.309 e. The molecule has 0 saturated carbocycles. The number of carbonyl (C=O) groups is 2. The Labute approximate surface area is 249 Å². The summed E-state index contributed by atoms with van der Waals surface area (Å²) in [5.41, 5.74) is 1.21. The van der Waals surface area contributed by atoms with Crippen molar-refractivity contribution in [2.24, 2.45) is 13.0 Å². The van der Waals surface area contributed by atoms with E-state index in [1.54, 1.807) is 36.4 Å². The molecule has 0 radical (unpaired) electrons. The minimum atomic E-state index is -0.861. The highest BCUT2D eigenvalue weighted by atomic mass is 35.5. The van der Waals surface area contributed by atoms with Crippen LogP contribution in [-0.2, 0) is 18.4 Å². The van der Waals surface area contributed by atoms with Gasteiger partial charge in [0.2, 0.25) is 5.88 Å². The van der Waals surface area contributed by atoms with Crippen molar-refractivity contribution in [2.75, 3.05) is 25.5 Å². The maximum atomic E-state index is 15.5. The predicted octanol–water partition coefficient (Wildman–Crippen LogP) is 4.73. The fourth-order valence-corrected chi connectivity index (χ4v) is 5.30. The maximum absolute atomic E-state index is 15.5. The molecule has 1 aliphatic heterocycles. The molecule has 0 bridgehead atoms. The summed E-state index contributed by atoms with van der Waals surface area (Å²) in [6.07, 6.45) is 1.34. The molecule has 0 atom stereocenters. The maximum Gasteiger partial charge on any atom is 0.309 e. The number of methoxy groups -OCH3 is 1. The minimum Gasteiger partial charge on any atom is -0.481 e. The Morgan fingerprint density at radius 3 is 2.45 bits per heavy atom. The summed E-state index contributed by atoms with van der Waals surface area (Å²) in [4.78, 5) is 42.5. The van der Waals surface area contributed by atoms with Crippen LogP contribution in [0.15, 0.2) is 59.5 Å². The summed E-state index contributed by atoms with van der Waals surface area (Å²) in [7, 11) is 2.86. The molecule has 1 amide bonds. The molecular formula is C29H24Cl2FN5O5. The van der Waals surface area contributed by atoms with Crippen LogP contribution in [0.3, 0.4) is 0 Å². The van der Waals surface area contributed by atoms with Gasteiger partial charge in [0.1, 0.15) is 17.1 Å². The summed E-state index contributed by atoms with van der Waals surface area (Å²) in [6.45, 7) is 0.995. The van der Waals surface area contributed by atoms with Crippen LogP contribution in [0.1, 0.15) is 15.9 Å². The molecular weight excluding hydrogens is 588 g/mol. The Balaban J connectivity index is 1.46. The van der Waals surface area contributed by atoms with Crippen LogP contribution in [0.4, 0.5) is 10.1 Å². The van der Waals surface area contributed by atoms with Gasteiger partial charge >= 0.3 is 5.97 Å². The van der Waals surface area contributed by atoms with E-state index in [0.29, 0.717) is 29.8 Å². The topological polar surface area (TPSA) is 127 Å². The van der Waals surface area contributed by atoms with Gasteiger partial charge in [0.05, 0.1) is 28.8 Å². The zero-order chi connectivity index (χ0) is 30.1. The third-order valence-electron chi connectivity index (χ3n) is 6.95. The summed E-state index contributed by atoms with van der Waals surface area (Å²) in [5, 5.41) is 15.9. The minimum absolute atomic E-state index is 0.0383. The van der Waals surface area contributed by atoms with Gasteiger partial charge in [-0.1, -0.05) is 53.5 Å². The SMILES string of the molecule is COc1nc(-c2cccc(-c3cccc(NC(=O)c4ccnn(C)c4=O)c3Cl)c2Cl)c(F)cc1CN1CC(C(=O)O)C1. The Kier molecular flexibility index (Phi) is 8.26. The molecule has 0 aliphatic carbocycles. The van der Waals surface area contributed by atoms with Gasteiger partial charge in [-0.15, -0.1) is 0 Å². The molecule has 2 aromatic heterocycles. The van der Waals surface area contributed by atoms with Gasteiger partial charge in [-0.2, -0.15) is 5.10 Å². The Morgan fingerprint density at radius 2 is 1.76 bits per heavy atom. The lowest BCUT2D eigenvalue weighted by atomic mass is 9.98. The van der Waals surface area contributed by atoms with Crippen LogP contribution in [0.2, 0.25) is 10.0 Å². The third kappa shape index (κ3) is 5.58. The van der Waals surface area contributed by atoms with Gasteiger partial charge in [0.25, 0.3) is 11.5 Å². The third-order valence-corrected chi connectivity index (χ3v) is 7.76. The van der Waals surface area contributed by atoms with Crippen molar-refractivity contribution in [3.8, 4) is 28.3 Å². The summed E-state index contributed by atoms with van der Waals surface area (Å²) >= 11 is 13.5. The highest BCUT2D eigenvalue weighted by Crippen LogP contribution is 2.42. The van der Waals surface area contributed by atoms with Crippen molar-refractivity contribution in [1.29, 1.82) is 0 Å². The second-order valence-corrected chi connectivity index (χ2v) is 10.4. The quantitative estimate of drug-likeness (QED) is 0.293. The van der Waals surface area contributed by atoms with E-state index in [2.05, 4.69) is 15.4 Å². The van der Waals surface area contributed by atoms with E-state index in [-0.39, 0.29) is 45.0 Å². The number of hydrogen-bond acceptors (Lipinski definition) is 7. The molecule has 2 aromatic carbocycles. The predicted molar refractivity (Wildman–Crippen MR) is 155 cm³/mol. The zero-order valence-electron chi connectivity index (χ0n) is 22.4. The second-order valence-electron chi connectivity index (χ2n) is 9.68. The van der Waals surface area contributed by atoms with Crippen LogP contribution in [0.25, 0.3) is 22.4 Å². The number of carboxylic acid groups (broad SMARTS) is 1. The first-order chi connectivity index (χ1) is 20.1. The number of aliphatic carboxylic acids is 1. The normalized spacial score (nSPS) is 13.5. The number of anilines is 1. The molecule has 1 saturated heterocycles. The molecule has 2 N–H and O–H groups in total. The van der Waals surface area contributed by atoms with Crippen molar-refractivity contribution in [3.05, 3.63) is 92.1 Å². The average molecular weight is 612 g/mol. The number of likely N-dealkylation sites (tertiary alicyclic amines) is 1. The van der Waals surface area contributed by atoms with Crippen molar-refractivity contribution in [2.45, 2.75) is 6.54 Å². The molecule has 4 aromatic rings. The number of halogens is 3. The average Bonchev–Trinajstić information content (AvgIpc) is 2.93. The molecule has 10 nitrogen and oxygen atoms in total. The van der Waals surface area contributed by atoms with Crippen LogP contribution >= 0.6 is 23.2 Å². The second kappa shape index (κ2) is 11.9. The summed E-state index contributed by atoms with van der Waals surface area (Å²) < 4.78 is 21.9. The van der Waals surface area contributed by atoms with Crippen molar-refractivity contribution in [1.82, 2.24) is 19.7 Å². The van der Waals surface area contributed by atoms with E-state index >= 15 is 4.39 Å². The number of nitrogens with one attached hydrogen (secondary N) is 1. The first kappa shape index (κ1) is 29.2. The molecule has 5 rings (SSSR count). The summed E-state index contributed by atoms with van der Waals surface area (Å²) in [5.74, 6) is -2.41. The lowest BCUT2D eigenvalue weighted by Gasteiger charge is -2.36.